The second-order valence-corrected chi connectivity index (χ2v) is 23.2. The smallest absolute Gasteiger partial charge is 0.121 e. The molecule has 0 heterocycles. The van der Waals surface area contributed by atoms with Crippen LogP contribution in [0, 0.1) is 11.3 Å². The Morgan fingerprint density at radius 2 is 0.323 bits per heavy atom. The van der Waals surface area contributed by atoms with E-state index in [0.29, 0.717) is 0 Å². The van der Waals surface area contributed by atoms with Gasteiger partial charge in [0.05, 0.1) is 6.07 Å². The van der Waals surface area contributed by atoms with Gasteiger partial charge in [0.15, 0.2) is 0 Å². The van der Waals surface area contributed by atoms with Gasteiger partial charge in [-0.05, 0) is 313 Å². The Bertz CT molecular complexity index is 6720. The maximum Gasteiger partial charge on any atom is 0.121 e. The number of nitrogens with zero attached hydrogens (tertiary/aromatic N) is 1. The Balaban J connectivity index is 1.33. The number of benzene rings is 18. The molecule has 250 valence electrons. The minimum atomic E-state index is -0.745. The fourth-order valence-electron chi connectivity index (χ4n) is 23.4. The third-order valence-electron chi connectivity index (χ3n) is 23.3. The van der Waals surface area contributed by atoms with Gasteiger partial charge in [0.2, 0.25) is 0 Å². The molecule has 4 aliphatic carbocycles. The van der Waals surface area contributed by atoms with Gasteiger partial charge < -0.3 is 0 Å². The molecule has 0 unspecified atom stereocenters. The molecule has 0 radical (unpaired) electrons. The van der Waals surface area contributed by atoms with Crippen LogP contribution in [0.4, 0.5) is 0 Å². The lowest BCUT2D eigenvalue weighted by Gasteiger charge is -2.40. The maximum absolute atomic E-state index is 12.8. The van der Waals surface area contributed by atoms with E-state index < -0.39 is 5.41 Å². The predicted molar refractivity (Wildman–Crippen MR) is 261 cm³/mol. The van der Waals surface area contributed by atoms with Crippen LogP contribution in [0.5, 0.6) is 0 Å². The summed E-state index contributed by atoms with van der Waals surface area (Å²) in [5.74, 6) is 0.0260. The standard InChI is InChI=1S/C61HN/c62-1-61-58-54-48-34-26-18-6-3-2-4-7(6)19-21-17-11(4)13-9-5(2)8-12-10(3)16-20(18)32(34)40-38-24(16)22(12)30-28-14(8)15(9)29-31-23(13)25(17)39-41-33(21)35(27(19)26)49(48)55(58)51(41)53-45(39)43(31)47-37(29)36(28)46-42(30)44(38)52(50(40)54)59(61)56(46)57(47)60(53)61/h58H. The van der Waals surface area contributed by atoms with Crippen LogP contribution in [0.15, 0.2) is 0 Å². The Morgan fingerprint density at radius 3 is 0.500 bits per heavy atom. The van der Waals surface area contributed by atoms with E-state index in [1.165, 1.54) is 32.7 Å². The average Bonchev–Trinajstić information content (AvgIpc) is 4.13. The van der Waals surface area contributed by atoms with Gasteiger partial charge in [-0.25, -0.2) is 0 Å². The van der Waals surface area contributed by atoms with Crippen LogP contribution in [-0.4, -0.2) is 0 Å². The molecule has 28 aromatic rings. The Morgan fingerprint density at radius 1 is 0.194 bits per heavy atom. The van der Waals surface area contributed by atoms with E-state index in [9.17, 15) is 5.26 Å². The molecule has 62 heavy (non-hydrogen) atoms. The van der Waals surface area contributed by atoms with Gasteiger partial charge in [-0.2, -0.15) is 5.26 Å². The van der Waals surface area contributed by atoms with Gasteiger partial charge in [-0.3, -0.25) is 0 Å². The highest BCUT2D eigenvalue weighted by Crippen LogP contribution is 2.83. The third-order valence-corrected chi connectivity index (χ3v) is 23.3. The van der Waals surface area contributed by atoms with Crippen molar-refractivity contribution in [2.75, 3.05) is 0 Å². The predicted octanol–water partition coefficient (Wildman–Crippen LogP) is 16.7. The molecule has 32 rings (SSSR count). The van der Waals surface area contributed by atoms with Crippen molar-refractivity contribution in [3.8, 4) is 6.07 Å². The normalized spacial score (nSPS) is 21.8. The first-order valence-electron chi connectivity index (χ1n) is 23.1. The van der Waals surface area contributed by atoms with Crippen LogP contribution in [0.2, 0.25) is 0 Å². The summed E-state index contributed by atoms with van der Waals surface area (Å²) in [7, 11) is 0. The van der Waals surface area contributed by atoms with E-state index in [4.69, 9.17) is 0 Å². The van der Waals surface area contributed by atoms with Crippen LogP contribution in [0.3, 0.4) is 0 Å². The summed E-state index contributed by atoms with van der Waals surface area (Å²) >= 11 is 0. The lowest BCUT2D eigenvalue weighted by molar-refractivity contribution is 0.602. The number of rotatable bonds is 0. The first kappa shape index (κ1) is 21.5. The van der Waals surface area contributed by atoms with Crippen molar-refractivity contribution in [3.05, 3.63) is 22.3 Å². The molecule has 0 bridgehead atoms. The minimum absolute atomic E-state index is 0.0260. The molecule has 0 saturated heterocycles. The summed E-state index contributed by atoms with van der Waals surface area (Å²) in [6.07, 6.45) is 0. The van der Waals surface area contributed by atoms with Crippen molar-refractivity contribution in [2.24, 2.45) is 0 Å². The molecule has 0 N–H and O–H groups in total. The molecule has 0 aliphatic heterocycles. The van der Waals surface area contributed by atoms with Crippen LogP contribution in [-0.2, 0) is 5.41 Å². The van der Waals surface area contributed by atoms with E-state index in [1.54, 1.807) is 280 Å². The summed E-state index contributed by atoms with van der Waals surface area (Å²) in [5.41, 5.74) is 5.29. The van der Waals surface area contributed by atoms with Crippen molar-refractivity contribution < 1.29 is 0 Å². The van der Waals surface area contributed by atoms with Gasteiger partial charge in [-0.1, -0.05) is 0 Å². The zero-order chi connectivity index (χ0) is 36.3. The van der Waals surface area contributed by atoms with E-state index in [1.807, 2.05) is 0 Å². The zero-order valence-electron chi connectivity index (χ0n) is 31.0. The van der Waals surface area contributed by atoms with Crippen molar-refractivity contribution in [3.63, 3.8) is 0 Å². The molecule has 0 amide bonds. The molecular formula is C61HN. The summed E-state index contributed by atoms with van der Waals surface area (Å²) in [6.45, 7) is 0. The fraction of sp³-hybridized carbons (Fsp3) is 0.0328. The summed E-state index contributed by atoms with van der Waals surface area (Å²) in [6, 6.07) is 3.48. The van der Waals surface area contributed by atoms with Crippen molar-refractivity contribution in [1.29, 1.82) is 5.26 Å². The van der Waals surface area contributed by atoms with Gasteiger partial charge in [-0.15, -0.1) is 0 Å². The molecule has 4 aliphatic rings. The maximum atomic E-state index is 12.8. The highest BCUT2D eigenvalue weighted by molar-refractivity contribution is 6.82. The second kappa shape index (κ2) is 4.62. The largest absolute Gasteiger partial charge is 0.197 e. The van der Waals surface area contributed by atoms with Crippen molar-refractivity contribution >= 4 is 291 Å². The highest BCUT2D eigenvalue weighted by atomic mass is 14.6. The number of nitriles is 1. The summed E-state index contributed by atoms with van der Waals surface area (Å²) in [4.78, 5) is 0. The monoisotopic (exact) mass is 747 g/mol. The molecule has 0 aromatic heterocycles. The SMILES string of the molecule is N#CC12c3c4c5c6c7c8c(c9c%10c1c1c3c3c%11c4c4c5c5c7c7c%12c8c8c9c9c%10c%10c1c1c3c3c%11c%11c4c4c5c7c5c7c%12c8c8c9c9c%10c1c1c3c3c%11c4c5c4c7c8c9c1c34)C62. The van der Waals surface area contributed by atoms with Crippen LogP contribution in [0.1, 0.15) is 28.2 Å². The highest BCUT2D eigenvalue weighted by Gasteiger charge is 2.63. The topological polar surface area (TPSA) is 23.8 Å². The molecule has 28 aromatic carbocycles. The molecular weight excluding hydrogens is 747 g/mol. The van der Waals surface area contributed by atoms with Crippen LogP contribution >= 0.6 is 0 Å². The fourth-order valence-corrected chi connectivity index (χ4v) is 23.4. The lowest BCUT2D eigenvalue weighted by atomic mass is 9.58. The van der Waals surface area contributed by atoms with Crippen LogP contribution < -0.4 is 0 Å². The zero-order valence-corrected chi connectivity index (χ0v) is 31.0. The number of hydrogen-bond acceptors (Lipinski definition) is 1. The first-order valence-corrected chi connectivity index (χ1v) is 23.1. The number of hydrogen-bond donors (Lipinski definition) is 0. The van der Waals surface area contributed by atoms with Gasteiger partial charge in [0, 0.05) is 5.92 Å². The van der Waals surface area contributed by atoms with Gasteiger partial charge in [0.25, 0.3) is 0 Å². The summed E-state index contributed by atoms with van der Waals surface area (Å²) in [5, 5.41) is 99.0. The molecule has 0 atom stereocenters. The molecule has 1 nitrogen and oxygen atoms in total. The van der Waals surface area contributed by atoms with Crippen LogP contribution in [0.25, 0.3) is 291 Å². The molecule has 0 saturated carbocycles. The van der Waals surface area contributed by atoms with E-state index in [0.717, 1.165) is 0 Å². The van der Waals surface area contributed by atoms with Crippen molar-refractivity contribution in [1.82, 2.24) is 0 Å². The lowest BCUT2D eigenvalue weighted by Crippen LogP contribution is -2.35. The Hall–Kier alpha value is -8.05. The Labute approximate surface area is 334 Å². The van der Waals surface area contributed by atoms with Crippen molar-refractivity contribution in [2.45, 2.75) is 11.3 Å². The molecule has 1 heteroatoms. The van der Waals surface area contributed by atoms with Gasteiger partial charge >= 0.3 is 0 Å². The minimum Gasteiger partial charge on any atom is -0.197 e. The van der Waals surface area contributed by atoms with E-state index in [-0.39, 0.29) is 5.92 Å². The van der Waals surface area contributed by atoms with E-state index >= 15 is 0 Å². The average molecular weight is 748 g/mol. The summed E-state index contributed by atoms with van der Waals surface area (Å²) < 4.78 is 0. The second-order valence-electron chi connectivity index (χ2n) is 23.2. The quantitative estimate of drug-likeness (QED) is 0.142. The van der Waals surface area contributed by atoms with E-state index in [2.05, 4.69) is 6.07 Å². The van der Waals surface area contributed by atoms with Gasteiger partial charge in [0.1, 0.15) is 5.41 Å². The third kappa shape index (κ3) is 1.04. The molecule has 0 spiro atoms. The Kier molecular flexibility index (Phi) is 1.60. The first-order chi connectivity index (χ1) is 30.9. The molecule has 0 fully saturated rings.